The van der Waals surface area contributed by atoms with Gasteiger partial charge in [0.1, 0.15) is 5.82 Å². The molecule has 1 aliphatic rings. The van der Waals surface area contributed by atoms with Crippen molar-refractivity contribution in [3.05, 3.63) is 35.8 Å². The highest BCUT2D eigenvalue weighted by molar-refractivity contribution is 5.33. The first-order valence-electron chi connectivity index (χ1n) is 7.68. The molecule has 0 radical (unpaired) electrons. The molecule has 1 N–H and O–H groups in total. The zero-order valence-electron chi connectivity index (χ0n) is 13.1. The molecule has 0 bridgehead atoms. The van der Waals surface area contributed by atoms with E-state index >= 15 is 0 Å². The molecule has 0 amide bonds. The van der Waals surface area contributed by atoms with Gasteiger partial charge < -0.3 is 10.1 Å². The van der Waals surface area contributed by atoms with Crippen LogP contribution in [-0.2, 0) is 18.0 Å². The van der Waals surface area contributed by atoms with Crippen molar-refractivity contribution in [2.24, 2.45) is 13.0 Å². The Morgan fingerprint density at radius 3 is 2.79 bits per heavy atom. The van der Waals surface area contributed by atoms with Gasteiger partial charge in [0.05, 0.1) is 12.3 Å². The predicted octanol–water partition coefficient (Wildman–Crippen LogP) is 2.81. The Labute approximate surface area is 137 Å². The van der Waals surface area contributed by atoms with E-state index in [1.165, 1.54) is 6.07 Å². The van der Waals surface area contributed by atoms with Crippen molar-refractivity contribution in [2.75, 3.05) is 18.5 Å². The first-order valence-corrected chi connectivity index (χ1v) is 7.68. The average Bonchev–Trinajstić information content (AvgIpc) is 2.99. The van der Waals surface area contributed by atoms with E-state index in [1.54, 1.807) is 10.9 Å². The Morgan fingerprint density at radius 2 is 2.17 bits per heavy atom. The summed E-state index contributed by atoms with van der Waals surface area (Å²) >= 11 is 0. The minimum Gasteiger partial charge on any atom is -0.373 e. The van der Waals surface area contributed by atoms with E-state index in [4.69, 9.17) is 4.74 Å². The molecule has 0 saturated carbocycles. The second-order valence-corrected chi connectivity index (χ2v) is 5.82. The molecule has 1 saturated heterocycles. The Morgan fingerprint density at radius 1 is 1.33 bits per heavy atom. The number of ether oxygens (including phenoxy) is 1. The van der Waals surface area contributed by atoms with Gasteiger partial charge in [-0.3, -0.25) is 4.68 Å². The van der Waals surface area contributed by atoms with Crippen LogP contribution in [0.15, 0.2) is 24.5 Å². The predicted molar refractivity (Wildman–Crippen MR) is 80.1 cm³/mol. The van der Waals surface area contributed by atoms with Crippen LogP contribution in [-0.4, -0.2) is 33.1 Å². The summed E-state index contributed by atoms with van der Waals surface area (Å²) < 4.78 is 45.1. The van der Waals surface area contributed by atoms with Crippen LogP contribution in [0.3, 0.4) is 0 Å². The lowest BCUT2D eigenvalue weighted by molar-refractivity contribution is -0.141. The van der Waals surface area contributed by atoms with Crippen LogP contribution < -0.4 is 5.32 Å². The fourth-order valence-corrected chi connectivity index (χ4v) is 2.82. The summed E-state index contributed by atoms with van der Waals surface area (Å²) in [6, 6.07) is 2.21. The van der Waals surface area contributed by atoms with Gasteiger partial charge in [-0.2, -0.15) is 18.3 Å². The van der Waals surface area contributed by atoms with Crippen LogP contribution in [0.1, 0.15) is 30.2 Å². The van der Waals surface area contributed by atoms with Gasteiger partial charge in [-0.15, -0.1) is 10.2 Å². The molecule has 1 aliphatic heterocycles. The van der Waals surface area contributed by atoms with Crippen LogP contribution >= 0.6 is 0 Å². The number of aryl methyl sites for hydroxylation is 1. The second-order valence-electron chi connectivity index (χ2n) is 5.82. The number of anilines is 1. The minimum atomic E-state index is -4.48. The SMILES string of the molecule is Cn1cc([C@@H]2OCCC[C@H]2CNc2ccc(C(F)(F)F)nn2)cn1. The summed E-state index contributed by atoms with van der Waals surface area (Å²) in [5, 5.41) is 14.0. The fraction of sp³-hybridized carbons (Fsp3) is 0.533. The quantitative estimate of drug-likeness (QED) is 0.926. The van der Waals surface area contributed by atoms with Crippen LogP contribution in [0.2, 0.25) is 0 Å². The highest BCUT2D eigenvalue weighted by Crippen LogP contribution is 2.33. The second kappa shape index (κ2) is 6.76. The number of aromatic nitrogens is 4. The molecule has 2 aromatic heterocycles. The molecule has 2 aromatic rings. The van der Waals surface area contributed by atoms with Crippen molar-refractivity contribution in [1.29, 1.82) is 0 Å². The van der Waals surface area contributed by atoms with Gasteiger partial charge in [0.15, 0.2) is 5.69 Å². The van der Waals surface area contributed by atoms with E-state index in [1.807, 2.05) is 13.2 Å². The summed E-state index contributed by atoms with van der Waals surface area (Å²) in [6.45, 7) is 1.23. The zero-order valence-corrected chi connectivity index (χ0v) is 13.1. The molecule has 0 aromatic carbocycles. The molecular formula is C15H18F3N5O. The van der Waals surface area contributed by atoms with Gasteiger partial charge in [0.2, 0.25) is 0 Å². The van der Waals surface area contributed by atoms with Gasteiger partial charge in [-0.05, 0) is 25.0 Å². The number of nitrogens with zero attached hydrogens (tertiary/aromatic N) is 4. The van der Waals surface area contributed by atoms with E-state index in [9.17, 15) is 13.2 Å². The van der Waals surface area contributed by atoms with Crippen molar-refractivity contribution in [3.8, 4) is 0 Å². The van der Waals surface area contributed by atoms with Gasteiger partial charge in [0, 0.05) is 37.9 Å². The Balaban J connectivity index is 1.64. The average molecular weight is 341 g/mol. The van der Waals surface area contributed by atoms with Gasteiger partial charge in [-0.25, -0.2) is 0 Å². The van der Waals surface area contributed by atoms with Crippen LogP contribution in [0, 0.1) is 5.92 Å². The van der Waals surface area contributed by atoms with Gasteiger partial charge in [0.25, 0.3) is 0 Å². The lowest BCUT2D eigenvalue weighted by Gasteiger charge is -2.31. The molecule has 1 fully saturated rings. The summed E-state index contributed by atoms with van der Waals surface area (Å²) in [5.74, 6) is 0.505. The smallest absolute Gasteiger partial charge is 0.373 e. The Bertz CT molecular complexity index is 670. The maximum atomic E-state index is 12.5. The van der Waals surface area contributed by atoms with E-state index in [2.05, 4.69) is 20.6 Å². The lowest BCUT2D eigenvalue weighted by Crippen LogP contribution is -2.28. The van der Waals surface area contributed by atoms with Crippen molar-refractivity contribution in [1.82, 2.24) is 20.0 Å². The Hall–Kier alpha value is -2.16. The van der Waals surface area contributed by atoms with E-state index in [0.717, 1.165) is 24.5 Å². The molecular weight excluding hydrogens is 323 g/mol. The number of nitrogens with one attached hydrogen (secondary N) is 1. The number of rotatable bonds is 4. The number of hydrogen-bond donors (Lipinski definition) is 1. The molecule has 3 rings (SSSR count). The topological polar surface area (TPSA) is 64.9 Å². The van der Waals surface area contributed by atoms with Crippen molar-refractivity contribution in [2.45, 2.75) is 25.1 Å². The van der Waals surface area contributed by atoms with Crippen molar-refractivity contribution in [3.63, 3.8) is 0 Å². The molecule has 0 unspecified atom stereocenters. The maximum Gasteiger partial charge on any atom is 0.435 e. The standard InChI is InChI=1S/C15H18F3N5O/c1-23-9-11(8-20-23)14-10(3-2-6-24-14)7-19-13-5-4-12(21-22-13)15(16,17)18/h4-5,8-10,14H,2-3,6-7H2,1H3,(H,19,22)/t10-,14+/m0/s1. The van der Waals surface area contributed by atoms with Crippen LogP contribution in [0.4, 0.5) is 19.0 Å². The summed E-state index contributed by atoms with van der Waals surface area (Å²) in [4.78, 5) is 0. The van der Waals surface area contributed by atoms with E-state index < -0.39 is 11.9 Å². The molecule has 9 heteroatoms. The lowest BCUT2D eigenvalue weighted by atomic mass is 9.91. The third kappa shape index (κ3) is 3.84. The fourth-order valence-electron chi connectivity index (χ4n) is 2.82. The monoisotopic (exact) mass is 341 g/mol. The van der Waals surface area contributed by atoms with Gasteiger partial charge >= 0.3 is 6.18 Å². The molecule has 24 heavy (non-hydrogen) atoms. The Kier molecular flexibility index (Phi) is 4.70. The molecule has 130 valence electrons. The first-order chi connectivity index (χ1) is 11.4. The molecule has 0 spiro atoms. The molecule has 6 nitrogen and oxygen atoms in total. The third-order valence-corrected chi connectivity index (χ3v) is 4.00. The van der Waals surface area contributed by atoms with E-state index in [0.29, 0.717) is 19.0 Å². The first kappa shape index (κ1) is 16.7. The maximum absolute atomic E-state index is 12.5. The summed E-state index contributed by atoms with van der Waals surface area (Å²) in [6.07, 6.45) is 1.04. The van der Waals surface area contributed by atoms with Gasteiger partial charge in [-0.1, -0.05) is 0 Å². The molecule has 2 atom stereocenters. The normalized spacial score (nSPS) is 21.7. The summed E-state index contributed by atoms with van der Waals surface area (Å²) in [5.41, 5.74) is 0.00443. The van der Waals surface area contributed by atoms with Crippen molar-refractivity contribution < 1.29 is 17.9 Å². The number of alkyl halides is 3. The molecule has 3 heterocycles. The number of hydrogen-bond acceptors (Lipinski definition) is 5. The van der Waals surface area contributed by atoms with Crippen molar-refractivity contribution >= 4 is 5.82 Å². The highest BCUT2D eigenvalue weighted by atomic mass is 19.4. The van der Waals surface area contributed by atoms with Crippen LogP contribution in [0.25, 0.3) is 0 Å². The molecule has 0 aliphatic carbocycles. The third-order valence-electron chi connectivity index (χ3n) is 4.00. The highest BCUT2D eigenvalue weighted by Gasteiger charge is 2.33. The van der Waals surface area contributed by atoms with Crippen LogP contribution in [0.5, 0.6) is 0 Å². The largest absolute Gasteiger partial charge is 0.435 e. The van der Waals surface area contributed by atoms with E-state index in [-0.39, 0.29) is 12.0 Å². The summed E-state index contributed by atoms with van der Waals surface area (Å²) in [7, 11) is 1.84. The zero-order chi connectivity index (χ0) is 17.2. The number of halogens is 3. The minimum absolute atomic E-state index is 0.0812.